The van der Waals surface area contributed by atoms with Gasteiger partial charge in [0.05, 0.1) is 0 Å². The van der Waals surface area contributed by atoms with E-state index in [1.807, 2.05) is 12.2 Å². The lowest BCUT2D eigenvalue weighted by molar-refractivity contribution is 1.20. The van der Waals surface area contributed by atoms with Crippen molar-refractivity contribution in [3.05, 3.63) is 39.7 Å². The van der Waals surface area contributed by atoms with Gasteiger partial charge in [0.1, 0.15) is 0 Å². The van der Waals surface area contributed by atoms with E-state index in [2.05, 4.69) is 36.7 Å². The van der Waals surface area contributed by atoms with Crippen molar-refractivity contribution >= 4 is 12.2 Å². The van der Waals surface area contributed by atoms with Crippen molar-refractivity contribution in [3.8, 4) is 0 Å². The van der Waals surface area contributed by atoms with E-state index in [4.69, 9.17) is 0 Å². The summed E-state index contributed by atoms with van der Waals surface area (Å²) in [5, 5.41) is 2.47. The number of H-pyrrole nitrogens is 1. The van der Waals surface area contributed by atoms with Crippen LogP contribution in [0.15, 0.2) is 17.9 Å². The Bertz CT molecular complexity index is 480. The topological polar surface area (TPSA) is 15.8 Å². The zero-order valence-corrected chi connectivity index (χ0v) is 7.31. The van der Waals surface area contributed by atoms with Gasteiger partial charge in [-0.15, -0.1) is 5.73 Å². The molecule has 12 heavy (non-hydrogen) atoms. The lowest BCUT2D eigenvalue weighted by Crippen LogP contribution is -2.22. The molecule has 60 valence electrons. The third-order valence-corrected chi connectivity index (χ3v) is 2.27. The van der Waals surface area contributed by atoms with Crippen LogP contribution in [0.4, 0.5) is 0 Å². The molecule has 0 bridgehead atoms. The molecular formula is C11H11N. The van der Waals surface area contributed by atoms with Crippen LogP contribution < -0.4 is 10.6 Å². The van der Waals surface area contributed by atoms with Gasteiger partial charge in [-0.25, -0.2) is 0 Å². The number of hydrogen-bond acceptors (Lipinski definition) is 0. The summed E-state index contributed by atoms with van der Waals surface area (Å²) in [6, 6.07) is 0. The summed E-state index contributed by atoms with van der Waals surface area (Å²) in [6.07, 6.45) is 8.02. The van der Waals surface area contributed by atoms with Crippen LogP contribution in [0.1, 0.15) is 11.3 Å². The fourth-order valence-electron chi connectivity index (χ4n) is 1.43. The molecule has 0 radical (unpaired) electrons. The minimum Gasteiger partial charge on any atom is -0.358 e. The normalized spacial score (nSPS) is 13.2. The van der Waals surface area contributed by atoms with Gasteiger partial charge in [0, 0.05) is 16.3 Å². The van der Waals surface area contributed by atoms with Gasteiger partial charge in [-0.05, 0) is 43.7 Å². The summed E-state index contributed by atoms with van der Waals surface area (Å²) in [4.78, 5) is 3.33. The Morgan fingerprint density at radius 2 is 1.92 bits per heavy atom. The largest absolute Gasteiger partial charge is 0.358 e. The van der Waals surface area contributed by atoms with Gasteiger partial charge in [0.15, 0.2) is 0 Å². The number of nitrogens with one attached hydrogen (secondary N) is 1. The van der Waals surface area contributed by atoms with Crippen LogP contribution in [0.5, 0.6) is 0 Å². The highest BCUT2D eigenvalue weighted by atomic mass is 14.7. The smallest absolute Gasteiger partial charge is 0.0465 e. The Morgan fingerprint density at radius 3 is 2.75 bits per heavy atom. The van der Waals surface area contributed by atoms with Gasteiger partial charge in [-0.1, -0.05) is 0 Å². The fraction of sp³-hybridized carbons (Fsp3) is 0.182. The maximum Gasteiger partial charge on any atom is 0.0465 e. The average Bonchev–Trinajstić information content (AvgIpc) is 2.30. The second-order valence-electron chi connectivity index (χ2n) is 3.04. The van der Waals surface area contributed by atoms with Gasteiger partial charge < -0.3 is 4.98 Å². The molecule has 1 aromatic rings. The number of rotatable bonds is 0. The van der Waals surface area contributed by atoms with Gasteiger partial charge in [-0.2, -0.15) is 0 Å². The summed E-state index contributed by atoms with van der Waals surface area (Å²) < 4.78 is 0. The molecule has 1 nitrogen and oxygen atoms in total. The molecule has 1 heteroatoms. The molecule has 2 rings (SSSR count). The minimum absolute atomic E-state index is 1.19. The van der Waals surface area contributed by atoms with Crippen molar-refractivity contribution in [2.75, 3.05) is 0 Å². The Labute approximate surface area is 71.4 Å². The Hall–Kier alpha value is -1.46. The zero-order valence-electron chi connectivity index (χ0n) is 7.31. The Morgan fingerprint density at radius 1 is 1.17 bits per heavy atom. The maximum atomic E-state index is 3.33. The molecule has 0 fully saturated rings. The SMILES string of the molecule is Cc1[nH]c2c(c1C)=CC=C=CC=2. The molecule has 0 aromatic carbocycles. The van der Waals surface area contributed by atoms with E-state index in [0.29, 0.717) is 0 Å². The molecule has 1 aromatic heterocycles. The lowest BCUT2D eigenvalue weighted by Gasteiger charge is -1.84. The van der Waals surface area contributed by atoms with Crippen molar-refractivity contribution in [2.24, 2.45) is 0 Å². The van der Waals surface area contributed by atoms with Gasteiger partial charge in [0.2, 0.25) is 0 Å². The van der Waals surface area contributed by atoms with Crippen molar-refractivity contribution in [1.82, 2.24) is 4.98 Å². The highest BCUT2D eigenvalue weighted by Gasteiger charge is 1.97. The fourth-order valence-corrected chi connectivity index (χ4v) is 1.43. The van der Waals surface area contributed by atoms with Gasteiger partial charge >= 0.3 is 0 Å². The van der Waals surface area contributed by atoms with Crippen molar-refractivity contribution in [2.45, 2.75) is 13.8 Å². The van der Waals surface area contributed by atoms with Crippen molar-refractivity contribution in [1.29, 1.82) is 0 Å². The van der Waals surface area contributed by atoms with E-state index in [1.165, 1.54) is 21.8 Å². The minimum atomic E-state index is 1.19. The van der Waals surface area contributed by atoms with E-state index in [-0.39, 0.29) is 0 Å². The number of fused-ring (bicyclic) bond motifs is 1. The molecule has 1 aliphatic carbocycles. The Kier molecular flexibility index (Phi) is 1.53. The third-order valence-electron chi connectivity index (χ3n) is 2.27. The lowest BCUT2D eigenvalue weighted by atomic mass is 10.2. The van der Waals surface area contributed by atoms with Gasteiger partial charge in [0.25, 0.3) is 0 Å². The first-order chi connectivity index (χ1) is 5.79. The van der Waals surface area contributed by atoms with Crippen molar-refractivity contribution < 1.29 is 0 Å². The number of aryl methyl sites for hydroxylation is 1. The average molecular weight is 157 g/mol. The molecular weight excluding hydrogens is 146 g/mol. The van der Waals surface area contributed by atoms with Crippen LogP contribution in [0.3, 0.4) is 0 Å². The van der Waals surface area contributed by atoms with Crippen molar-refractivity contribution in [3.63, 3.8) is 0 Å². The van der Waals surface area contributed by atoms with Crippen LogP contribution >= 0.6 is 0 Å². The van der Waals surface area contributed by atoms with E-state index in [1.54, 1.807) is 0 Å². The summed E-state index contributed by atoms with van der Waals surface area (Å²) in [6.45, 7) is 4.23. The third kappa shape index (κ3) is 0.956. The van der Waals surface area contributed by atoms with Crippen LogP contribution in [-0.2, 0) is 0 Å². The van der Waals surface area contributed by atoms with E-state index >= 15 is 0 Å². The number of aromatic nitrogens is 1. The maximum absolute atomic E-state index is 3.33. The molecule has 0 saturated carbocycles. The molecule has 0 atom stereocenters. The first-order valence-electron chi connectivity index (χ1n) is 4.07. The predicted molar refractivity (Wildman–Crippen MR) is 51.1 cm³/mol. The predicted octanol–water partition coefficient (Wildman–Crippen LogP) is 0.917. The van der Waals surface area contributed by atoms with Crippen LogP contribution in [-0.4, -0.2) is 4.98 Å². The highest BCUT2D eigenvalue weighted by molar-refractivity contribution is 5.48. The van der Waals surface area contributed by atoms with E-state index in [0.717, 1.165) is 0 Å². The zero-order chi connectivity index (χ0) is 8.55. The first-order valence-corrected chi connectivity index (χ1v) is 4.07. The number of aromatic amines is 1. The monoisotopic (exact) mass is 157 g/mol. The van der Waals surface area contributed by atoms with Crippen LogP contribution in [0.2, 0.25) is 0 Å². The molecule has 0 spiro atoms. The summed E-state index contributed by atoms with van der Waals surface area (Å²) in [7, 11) is 0. The number of allylic oxidation sites excluding steroid dienone is 1. The van der Waals surface area contributed by atoms with E-state index < -0.39 is 0 Å². The number of hydrogen-bond donors (Lipinski definition) is 1. The molecule has 1 aliphatic rings. The second kappa shape index (κ2) is 2.54. The van der Waals surface area contributed by atoms with Gasteiger partial charge in [-0.3, -0.25) is 0 Å². The molecule has 0 unspecified atom stereocenters. The standard InChI is InChI=1S/C11H11N/c1-8-9(2)12-11-7-5-3-4-6-10(8)11/h4-7,12H,1-2H3. The first kappa shape index (κ1) is 7.20. The Balaban J connectivity index is 2.94. The van der Waals surface area contributed by atoms with Crippen LogP contribution in [0.25, 0.3) is 12.2 Å². The summed E-state index contributed by atoms with van der Waals surface area (Å²) in [5.74, 6) is 0. The summed E-state index contributed by atoms with van der Waals surface area (Å²) in [5.41, 5.74) is 5.62. The molecule has 1 heterocycles. The quantitative estimate of drug-likeness (QED) is 0.539. The molecule has 0 amide bonds. The molecule has 1 N–H and O–H groups in total. The molecule has 0 aliphatic heterocycles. The van der Waals surface area contributed by atoms with Crippen LogP contribution in [0, 0.1) is 13.8 Å². The highest BCUT2D eigenvalue weighted by Crippen LogP contribution is 1.93. The molecule has 0 saturated heterocycles. The second-order valence-corrected chi connectivity index (χ2v) is 3.04. The van der Waals surface area contributed by atoms with E-state index in [9.17, 15) is 0 Å². The summed E-state index contributed by atoms with van der Waals surface area (Å²) >= 11 is 0.